The first-order valence-electron chi connectivity index (χ1n) is 7.83. The van der Waals surface area contributed by atoms with Crippen LogP contribution in [0, 0.1) is 6.92 Å². The summed E-state index contributed by atoms with van der Waals surface area (Å²) in [5, 5.41) is 3.70. The number of aromatic nitrogens is 2. The largest absolute Gasteiger partial charge is 0.430 e. The number of benzene rings is 1. The Labute approximate surface area is 152 Å². The van der Waals surface area contributed by atoms with Crippen molar-refractivity contribution in [1.82, 2.24) is 9.97 Å². The summed E-state index contributed by atoms with van der Waals surface area (Å²) in [6, 6.07) is 12.2. The maximum Gasteiger partial charge on any atom is 0.335 e. The Hall–Kier alpha value is -3.32. The molecule has 0 aliphatic carbocycles. The average molecular weight is 363 g/mol. The number of carbonyl (C=O) groups is 1. The van der Waals surface area contributed by atoms with Crippen molar-refractivity contribution in [1.29, 1.82) is 0 Å². The molecule has 0 unspecified atom stereocenters. The summed E-state index contributed by atoms with van der Waals surface area (Å²) in [5.41, 5.74) is 3.21. The molecule has 0 radical (unpaired) electrons. The molecule has 1 N–H and O–H groups in total. The van der Waals surface area contributed by atoms with Crippen LogP contribution in [-0.2, 0) is 0 Å². The Morgan fingerprint density at radius 2 is 2.08 bits per heavy atom. The van der Waals surface area contributed by atoms with Gasteiger partial charge in [0.2, 0.25) is 0 Å². The van der Waals surface area contributed by atoms with Crippen LogP contribution in [0.1, 0.15) is 15.9 Å². The summed E-state index contributed by atoms with van der Waals surface area (Å²) in [6.45, 7) is 1.91. The third kappa shape index (κ3) is 3.12. The van der Waals surface area contributed by atoms with E-state index < -0.39 is 5.63 Å². The van der Waals surface area contributed by atoms with Gasteiger partial charge in [-0.1, -0.05) is 11.3 Å². The van der Waals surface area contributed by atoms with Crippen molar-refractivity contribution in [2.24, 2.45) is 0 Å². The van der Waals surface area contributed by atoms with Crippen molar-refractivity contribution in [3.8, 4) is 10.6 Å². The van der Waals surface area contributed by atoms with Crippen LogP contribution < -0.4 is 10.9 Å². The fourth-order valence-corrected chi connectivity index (χ4v) is 3.42. The van der Waals surface area contributed by atoms with Gasteiger partial charge in [0.1, 0.15) is 21.6 Å². The van der Waals surface area contributed by atoms with E-state index in [9.17, 15) is 9.59 Å². The Kier molecular flexibility index (Phi) is 4.06. The first-order chi connectivity index (χ1) is 12.6. The van der Waals surface area contributed by atoms with E-state index in [2.05, 4.69) is 15.3 Å². The van der Waals surface area contributed by atoms with Crippen molar-refractivity contribution < 1.29 is 9.21 Å². The summed E-state index contributed by atoms with van der Waals surface area (Å²) in [4.78, 5) is 33.0. The van der Waals surface area contributed by atoms with E-state index in [1.54, 1.807) is 6.20 Å². The molecule has 0 aliphatic rings. The van der Waals surface area contributed by atoms with Crippen molar-refractivity contribution in [3.05, 3.63) is 76.5 Å². The van der Waals surface area contributed by atoms with Crippen LogP contribution in [-0.4, -0.2) is 15.9 Å². The lowest BCUT2D eigenvalue weighted by Crippen LogP contribution is -2.13. The maximum absolute atomic E-state index is 12.3. The van der Waals surface area contributed by atoms with Crippen LogP contribution in [0.4, 0.5) is 5.69 Å². The van der Waals surface area contributed by atoms with Crippen molar-refractivity contribution in [2.45, 2.75) is 6.92 Å². The highest BCUT2D eigenvalue weighted by Gasteiger charge is 2.11. The van der Waals surface area contributed by atoms with Crippen molar-refractivity contribution >= 4 is 33.3 Å². The van der Waals surface area contributed by atoms with E-state index in [-0.39, 0.29) is 11.5 Å². The lowest BCUT2D eigenvalue weighted by molar-refractivity contribution is 0.102. The summed E-state index contributed by atoms with van der Waals surface area (Å²) in [5.74, 6) is -0.339. The Morgan fingerprint density at radius 1 is 1.19 bits per heavy atom. The smallest absolute Gasteiger partial charge is 0.335 e. The zero-order chi connectivity index (χ0) is 18.1. The topological polar surface area (TPSA) is 85.1 Å². The molecule has 1 amide bonds. The van der Waals surface area contributed by atoms with E-state index in [4.69, 9.17) is 4.42 Å². The van der Waals surface area contributed by atoms with E-state index in [0.717, 1.165) is 32.7 Å². The molecule has 6 nitrogen and oxygen atoms in total. The number of nitrogens with one attached hydrogen (secondary N) is 1. The van der Waals surface area contributed by atoms with Crippen LogP contribution >= 0.6 is 11.3 Å². The molecule has 4 rings (SSSR count). The molecule has 1 aromatic carbocycles. The molecule has 3 heterocycles. The molecule has 7 heteroatoms. The predicted octanol–water partition coefficient (Wildman–Crippen LogP) is 3.87. The van der Waals surface area contributed by atoms with E-state index in [1.165, 1.54) is 23.5 Å². The third-order valence-corrected chi connectivity index (χ3v) is 4.88. The van der Waals surface area contributed by atoms with Crippen LogP contribution in [0.5, 0.6) is 0 Å². The Bertz CT molecular complexity index is 1130. The molecule has 0 aliphatic heterocycles. The zero-order valence-corrected chi connectivity index (χ0v) is 14.5. The summed E-state index contributed by atoms with van der Waals surface area (Å²) >= 11 is 1.53. The highest BCUT2D eigenvalue weighted by Crippen LogP contribution is 2.31. The van der Waals surface area contributed by atoms with Gasteiger partial charge in [-0.15, -0.1) is 0 Å². The molecule has 0 saturated carbocycles. The molecule has 26 heavy (non-hydrogen) atoms. The van der Waals surface area contributed by atoms with Gasteiger partial charge in [0.25, 0.3) is 5.91 Å². The summed E-state index contributed by atoms with van der Waals surface area (Å²) in [6.07, 6.45) is 2.90. The van der Waals surface area contributed by atoms with Gasteiger partial charge < -0.3 is 9.73 Å². The summed E-state index contributed by atoms with van der Waals surface area (Å²) < 4.78 is 4.72. The lowest BCUT2D eigenvalue weighted by atomic mass is 10.1. The van der Waals surface area contributed by atoms with E-state index >= 15 is 0 Å². The number of carbonyl (C=O) groups excluding carboxylic acids is 1. The second-order valence-corrected chi connectivity index (χ2v) is 6.65. The molecule has 4 aromatic rings. The fraction of sp³-hybridized carbons (Fsp3) is 0.0526. The molecule has 128 valence electrons. The van der Waals surface area contributed by atoms with Gasteiger partial charge in [-0.3, -0.25) is 4.79 Å². The van der Waals surface area contributed by atoms with Gasteiger partial charge in [0, 0.05) is 23.5 Å². The summed E-state index contributed by atoms with van der Waals surface area (Å²) in [7, 11) is 0. The van der Waals surface area contributed by atoms with Crippen LogP contribution in [0.25, 0.3) is 20.9 Å². The number of anilines is 1. The minimum absolute atomic E-state index is 0.283. The monoisotopic (exact) mass is 363 g/mol. The second kappa shape index (κ2) is 6.53. The van der Waals surface area contributed by atoms with Gasteiger partial charge in [0.15, 0.2) is 0 Å². The minimum atomic E-state index is -0.493. The maximum atomic E-state index is 12.3. The van der Waals surface area contributed by atoms with E-state index in [0.29, 0.717) is 5.69 Å². The number of rotatable bonds is 3. The van der Waals surface area contributed by atoms with Gasteiger partial charge >= 0.3 is 5.63 Å². The Morgan fingerprint density at radius 3 is 2.81 bits per heavy atom. The molecule has 0 fully saturated rings. The van der Waals surface area contributed by atoms with Crippen molar-refractivity contribution in [2.75, 3.05) is 5.32 Å². The highest BCUT2D eigenvalue weighted by molar-refractivity contribution is 7.21. The first-order valence-corrected chi connectivity index (χ1v) is 8.64. The number of aryl methyl sites for hydroxylation is 1. The van der Waals surface area contributed by atoms with Crippen LogP contribution in [0.3, 0.4) is 0 Å². The third-order valence-electron chi connectivity index (χ3n) is 3.85. The average Bonchev–Trinajstić information content (AvgIpc) is 3.08. The quantitative estimate of drug-likeness (QED) is 0.597. The van der Waals surface area contributed by atoms with Gasteiger partial charge in [0.05, 0.1) is 5.56 Å². The number of thiazole rings is 1. The number of pyridine rings is 1. The SMILES string of the molecule is Cc1cc(-c2nc3cccnc3s2)ccc1NC(=O)c1ccc(=O)oc1. The lowest BCUT2D eigenvalue weighted by Gasteiger charge is -2.09. The number of hydrogen-bond donors (Lipinski definition) is 1. The van der Waals surface area contributed by atoms with Gasteiger partial charge in [-0.05, 0) is 48.9 Å². The standard InChI is InChI=1S/C19H13N3O3S/c1-11-9-12(18-22-15-3-2-8-20-19(15)26-18)4-6-14(11)21-17(24)13-5-7-16(23)25-10-13/h2-10H,1H3,(H,21,24). The van der Waals surface area contributed by atoms with Gasteiger partial charge in [-0.25, -0.2) is 14.8 Å². The van der Waals surface area contributed by atoms with Crippen LogP contribution in [0.15, 0.2) is 64.1 Å². The number of nitrogens with zero attached hydrogens (tertiary/aromatic N) is 2. The predicted molar refractivity (Wildman–Crippen MR) is 101 cm³/mol. The number of fused-ring (bicyclic) bond motifs is 1. The number of amides is 1. The fourth-order valence-electron chi connectivity index (χ4n) is 2.51. The normalized spacial score (nSPS) is 10.8. The van der Waals surface area contributed by atoms with Crippen LogP contribution in [0.2, 0.25) is 0 Å². The zero-order valence-electron chi connectivity index (χ0n) is 13.7. The second-order valence-electron chi connectivity index (χ2n) is 5.67. The first kappa shape index (κ1) is 16.2. The molecule has 0 spiro atoms. The van der Waals surface area contributed by atoms with Gasteiger partial charge in [-0.2, -0.15) is 0 Å². The highest BCUT2D eigenvalue weighted by atomic mass is 32.1. The molecule has 3 aromatic heterocycles. The number of hydrogen-bond acceptors (Lipinski definition) is 6. The molecular formula is C19H13N3O3S. The minimum Gasteiger partial charge on any atom is -0.430 e. The molecule has 0 atom stereocenters. The molecule has 0 saturated heterocycles. The molecule has 0 bridgehead atoms. The Balaban J connectivity index is 1.60. The van der Waals surface area contributed by atoms with Crippen molar-refractivity contribution in [3.63, 3.8) is 0 Å². The van der Waals surface area contributed by atoms with E-state index in [1.807, 2.05) is 37.3 Å². The molecular weight excluding hydrogens is 350 g/mol.